The van der Waals surface area contributed by atoms with Crippen molar-refractivity contribution in [2.75, 3.05) is 6.54 Å². The van der Waals surface area contributed by atoms with Crippen molar-refractivity contribution in [3.63, 3.8) is 0 Å². The molecule has 90 valence electrons. The molecular weight excluding hydrogens is 198 g/mol. The van der Waals surface area contributed by atoms with Gasteiger partial charge in [-0.15, -0.1) is 0 Å². The molecule has 4 atom stereocenters. The third-order valence-electron chi connectivity index (χ3n) is 5.05. The lowest BCUT2D eigenvalue weighted by molar-refractivity contribution is -0.122. The van der Waals surface area contributed by atoms with Gasteiger partial charge in [-0.05, 0) is 56.4 Å². The number of carbonyl (C=O) groups excluding carboxylic acids is 1. The van der Waals surface area contributed by atoms with Crippen molar-refractivity contribution in [1.29, 1.82) is 0 Å². The molecule has 16 heavy (non-hydrogen) atoms. The van der Waals surface area contributed by atoms with Crippen molar-refractivity contribution in [3.05, 3.63) is 0 Å². The van der Waals surface area contributed by atoms with Crippen LogP contribution in [0.3, 0.4) is 0 Å². The number of hydrogen-bond acceptors (Lipinski definition) is 2. The molecule has 2 bridgehead atoms. The maximum atomic E-state index is 12.2. The van der Waals surface area contributed by atoms with Crippen LogP contribution >= 0.6 is 0 Å². The van der Waals surface area contributed by atoms with Crippen LogP contribution in [0.1, 0.15) is 51.4 Å². The van der Waals surface area contributed by atoms with Gasteiger partial charge >= 0.3 is 0 Å². The van der Waals surface area contributed by atoms with E-state index < -0.39 is 0 Å². The second-order valence-corrected chi connectivity index (χ2v) is 6.11. The summed E-state index contributed by atoms with van der Waals surface area (Å²) in [4.78, 5) is 12.2. The van der Waals surface area contributed by atoms with Crippen LogP contribution in [0.15, 0.2) is 0 Å². The number of carbonyl (C=O) groups is 1. The first kappa shape index (κ1) is 10.8. The summed E-state index contributed by atoms with van der Waals surface area (Å²) in [5.74, 6) is 3.13. The Labute approximate surface area is 98.2 Å². The molecule has 2 saturated carbocycles. The Morgan fingerprint density at radius 1 is 1.12 bits per heavy atom. The molecule has 0 amide bonds. The van der Waals surface area contributed by atoms with Gasteiger partial charge in [0.05, 0.1) is 6.04 Å². The molecule has 4 unspecified atom stereocenters. The number of ketones is 1. The van der Waals surface area contributed by atoms with E-state index in [0.29, 0.717) is 5.78 Å². The van der Waals surface area contributed by atoms with Gasteiger partial charge in [-0.2, -0.15) is 0 Å². The highest BCUT2D eigenvalue weighted by molar-refractivity contribution is 5.84. The maximum Gasteiger partial charge on any atom is 0.150 e. The molecule has 0 spiro atoms. The number of hydrogen-bond donors (Lipinski definition) is 1. The molecule has 3 fully saturated rings. The van der Waals surface area contributed by atoms with Crippen molar-refractivity contribution < 1.29 is 4.79 Å². The molecule has 2 nitrogen and oxygen atoms in total. The van der Waals surface area contributed by atoms with Gasteiger partial charge in [-0.1, -0.05) is 12.8 Å². The van der Waals surface area contributed by atoms with Crippen LogP contribution in [0.4, 0.5) is 0 Å². The third kappa shape index (κ3) is 2.04. The maximum absolute atomic E-state index is 12.2. The first-order valence-corrected chi connectivity index (χ1v) is 7.09. The number of fused-ring (bicyclic) bond motifs is 2. The first-order chi connectivity index (χ1) is 7.83. The molecule has 1 N–H and O–H groups in total. The van der Waals surface area contributed by atoms with E-state index >= 15 is 0 Å². The molecule has 0 aromatic carbocycles. The van der Waals surface area contributed by atoms with Crippen LogP contribution in [0, 0.1) is 17.8 Å². The lowest BCUT2D eigenvalue weighted by atomic mass is 9.83. The van der Waals surface area contributed by atoms with E-state index in [1.807, 2.05) is 0 Å². The van der Waals surface area contributed by atoms with Gasteiger partial charge in [-0.25, -0.2) is 0 Å². The van der Waals surface area contributed by atoms with Crippen LogP contribution in [0.2, 0.25) is 0 Å². The average molecular weight is 221 g/mol. The summed E-state index contributed by atoms with van der Waals surface area (Å²) in [5.41, 5.74) is 0. The lowest BCUT2D eigenvalue weighted by Gasteiger charge is -2.26. The van der Waals surface area contributed by atoms with E-state index in [0.717, 1.165) is 37.1 Å². The molecular formula is C14H23NO. The standard InChI is InChI=1S/C14H23NO/c16-14(13-3-1-2-6-15-13)9-12-8-10-4-5-11(12)7-10/h10-13,15H,1-9H2. The predicted octanol–water partition coefficient (Wildman–Crippen LogP) is 2.52. The monoisotopic (exact) mass is 221 g/mol. The zero-order chi connectivity index (χ0) is 11.0. The van der Waals surface area contributed by atoms with E-state index in [4.69, 9.17) is 0 Å². The van der Waals surface area contributed by atoms with E-state index in [2.05, 4.69) is 5.32 Å². The summed E-state index contributed by atoms with van der Waals surface area (Å²) in [6.07, 6.45) is 10.1. The molecule has 0 radical (unpaired) electrons. The first-order valence-electron chi connectivity index (χ1n) is 7.09. The minimum atomic E-state index is 0.202. The minimum Gasteiger partial charge on any atom is -0.307 e. The van der Waals surface area contributed by atoms with E-state index in [-0.39, 0.29) is 6.04 Å². The summed E-state index contributed by atoms with van der Waals surface area (Å²) < 4.78 is 0. The highest BCUT2D eigenvalue weighted by Crippen LogP contribution is 2.49. The number of Topliss-reactive ketones (excluding diaryl/α,β-unsaturated/α-hetero) is 1. The van der Waals surface area contributed by atoms with E-state index in [1.54, 1.807) is 0 Å². The molecule has 1 saturated heterocycles. The highest BCUT2D eigenvalue weighted by atomic mass is 16.1. The quantitative estimate of drug-likeness (QED) is 0.793. The molecule has 3 rings (SSSR count). The molecule has 1 aliphatic heterocycles. The summed E-state index contributed by atoms with van der Waals surface area (Å²) in [5, 5.41) is 3.39. The average Bonchev–Trinajstić information content (AvgIpc) is 2.92. The zero-order valence-electron chi connectivity index (χ0n) is 10.1. The number of piperidine rings is 1. The second kappa shape index (κ2) is 4.48. The van der Waals surface area contributed by atoms with Crippen molar-refractivity contribution in [3.8, 4) is 0 Å². The van der Waals surface area contributed by atoms with Gasteiger partial charge in [0.1, 0.15) is 5.78 Å². The van der Waals surface area contributed by atoms with E-state index in [1.165, 1.54) is 38.5 Å². The van der Waals surface area contributed by atoms with Gasteiger partial charge in [0.25, 0.3) is 0 Å². The van der Waals surface area contributed by atoms with E-state index in [9.17, 15) is 4.79 Å². The fourth-order valence-corrected chi connectivity index (χ4v) is 4.15. The Morgan fingerprint density at radius 3 is 2.69 bits per heavy atom. The smallest absolute Gasteiger partial charge is 0.150 e. The summed E-state index contributed by atoms with van der Waals surface area (Å²) in [6.45, 7) is 1.05. The Hall–Kier alpha value is -0.370. The highest BCUT2D eigenvalue weighted by Gasteiger charge is 2.40. The molecule has 2 aliphatic carbocycles. The number of nitrogens with one attached hydrogen (secondary N) is 1. The van der Waals surface area contributed by atoms with Crippen LogP contribution in [0.5, 0.6) is 0 Å². The normalized spacial score (nSPS) is 42.5. The van der Waals surface area contributed by atoms with Gasteiger partial charge in [0, 0.05) is 6.42 Å². The van der Waals surface area contributed by atoms with Crippen molar-refractivity contribution >= 4 is 5.78 Å². The molecule has 0 aromatic heterocycles. The van der Waals surface area contributed by atoms with Crippen LogP contribution in [-0.4, -0.2) is 18.4 Å². The SMILES string of the molecule is O=C(CC1CC2CCC1C2)C1CCCCN1. The summed E-state index contributed by atoms with van der Waals surface area (Å²) >= 11 is 0. The Morgan fingerprint density at radius 2 is 2.06 bits per heavy atom. The van der Waals surface area contributed by atoms with Crippen molar-refractivity contribution in [2.45, 2.75) is 57.4 Å². The summed E-state index contributed by atoms with van der Waals surface area (Å²) in [6, 6.07) is 0.202. The minimum absolute atomic E-state index is 0.202. The van der Waals surface area contributed by atoms with Crippen LogP contribution < -0.4 is 5.32 Å². The van der Waals surface area contributed by atoms with Gasteiger partial charge in [0.15, 0.2) is 0 Å². The second-order valence-electron chi connectivity index (χ2n) is 6.11. The lowest BCUT2D eigenvalue weighted by Crippen LogP contribution is -2.41. The summed E-state index contributed by atoms with van der Waals surface area (Å²) in [7, 11) is 0. The molecule has 2 heteroatoms. The van der Waals surface area contributed by atoms with Gasteiger partial charge < -0.3 is 5.32 Å². The molecule has 3 aliphatic rings. The number of rotatable bonds is 3. The largest absolute Gasteiger partial charge is 0.307 e. The fourth-order valence-electron chi connectivity index (χ4n) is 4.15. The molecule has 0 aromatic rings. The molecule has 1 heterocycles. The van der Waals surface area contributed by atoms with Gasteiger partial charge in [-0.3, -0.25) is 4.79 Å². The van der Waals surface area contributed by atoms with Gasteiger partial charge in [0.2, 0.25) is 0 Å². The van der Waals surface area contributed by atoms with Crippen LogP contribution in [0.25, 0.3) is 0 Å². The van der Waals surface area contributed by atoms with Crippen molar-refractivity contribution in [2.24, 2.45) is 17.8 Å². The Bertz CT molecular complexity index is 270. The Balaban J connectivity index is 1.52. The topological polar surface area (TPSA) is 29.1 Å². The third-order valence-corrected chi connectivity index (χ3v) is 5.05. The predicted molar refractivity (Wildman–Crippen MR) is 64.2 cm³/mol. The zero-order valence-corrected chi connectivity index (χ0v) is 10.1. The van der Waals surface area contributed by atoms with Crippen LogP contribution in [-0.2, 0) is 4.79 Å². The fraction of sp³-hybridized carbons (Fsp3) is 0.929. The van der Waals surface area contributed by atoms with Crippen molar-refractivity contribution in [1.82, 2.24) is 5.32 Å². The Kier molecular flexibility index (Phi) is 3.01.